The number of rotatable bonds is 6. The lowest BCUT2D eigenvalue weighted by Crippen LogP contribution is -1.93. The topological polar surface area (TPSA) is 82.1 Å². The lowest BCUT2D eigenvalue weighted by molar-refractivity contribution is -0.385. The second-order valence-corrected chi connectivity index (χ2v) is 6.35. The van der Waals surface area contributed by atoms with Crippen molar-refractivity contribution in [2.75, 3.05) is 0 Å². The number of nitro groups is 1. The van der Waals surface area contributed by atoms with E-state index >= 15 is 0 Å². The van der Waals surface area contributed by atoms with E-state index in [-0.39, 0.29) is 10.6 Å². The molecule has 0 saturated heterocycles. The van der Waals surface area contributed by atoms with Gasteiger partial charge in [0.15, 0.2) is 0 Å². The molecule has 3 aromatic rings. The maximum absolute atomic E-state index is 11.0. The van der Waals surface area contributed by atoms with Gasteiger partial charge in [0.25, 0.3) is 10.9 Å². The van der Waals surface area contributed by atoms with Crippen LogP contribution >= 0.6 is 23.1 Å². The van der Waals surface area contributed by atoms with Gasteiger partial charge in [-0.1, -0.05) is 36.0 Å². The predicted octanol–water partition coefficient (Wildman–Crippen LogP) is 3.92. The zero-order chi connectivity index (χ0) is 15.4. The third-order valence-electron chi connectivity index (χ3n) is 2.89. The summed E-state index contributed by atoms with van der Waals surface area (Å²) in [6, 6.07) is 10.6. The van der Waals surface area contributed by atoms with E-state index < -0.39 is 0 Å². The van der Waals surface area contributed by atoms with Crippen molar-refractivity contribution in [3.8, 4) is 0 Å². The number of hydrogen-bond donors (Lipinski definition) is 0. The Morgan fingerprint density at radius 2 is 2.09 bits per heavy atom. The summed E-state index contributed by atoms with van der Waals surface area (Å²) in [4.78, 5) is 11.7. The summed E-state index contributed by atoms with van der Waals surface area (Å²) in [5.41, 5.74) is 0.740. The largest absolute Gasteiger partial charge is 0.416 e. The molecule has 0 unspecified atom stereocenters. The number of para-hydroxylation sites is 1. The van der Waals surface area contributed by atoms with Crippen molar-refractivity contribution in [3.05, 3.63) is 68.2 Å². The smallest absolute Gasteiger partial charge is 0.276 e. The van der Waals surface area contributed by atoms with Gasteiger partial charge in [-0.25, -0.2) is 0 Å². The van der Waals surface area contributed by atoms with Gasteiger partial charge in [0.1, 0.15) is 0 Å². The van der Waals surface area contributed by atoms with Gasteiger partial charge in [0.05, 0.1) is 11.3 Å². The number of aromatic nitrogens is 2. The molecule has 0 saturated carbocycles. The van der Waals surface area contributed by atoms with Gasteiger partial charge in [-0.2, -0.15) is 0 Å². The lowest BCUT2D eigenvalue weighted by atomic mass is 10.2. The number of nitro benzene ring substituents is 1. The highest BCUT2D eigenvalue weighted by Crippen LogP contribution is 2.27. The van der Waals surface area contributed by atoms with E-state index in [0.29, 0.717) is 28.9 Å². The van der Waals surface area contributed by atoms with Crippen molar-refractivity contribution in [2.24, 2.45) is 0 Å². The summed E-state index contributed by atoms with van der Waals surface area (Å²) in [5, 5.41) is 21.3. The summed E-state index contributed by atoms with van der Waals surface area (Å²) in [7, 11) is 0. The minimum absolute atomic E-state index is 0.105. The molecule has 2 heterocycles. The van der Waals surface area contributed by atoms with Crippen molar-refractivity contribution >= 4 is 28.8 Å². The van der Waals surface area contributed by atoms with Crippen molar-refractivity contribution in [1.29, 1.82) is 0 Å². The van der Waals surface area contributed by atoms with Gasteiger partial charge < -0.3 is 4.42 Å². The molecule has 0 aliphatic carbocycles. The number of thiophene rings is 1. The zero-order valence-electron chi connectivity index (χ0n) is 11.3. The summed E-state index contributed by atoms with van der Waals surface area (Å²) in [5.74, 6) is 0.963. The third kappa shape index (κ3) is 3.52. The second-order valence-electron chi connectivity index (χ2n) is 4.39. The van der Waals surface area contributed by atoms with E-state index in [1.807, 2.05) is 17.5 Å². The molecule has 2 aromatic heterocycles. The molecule has 8 heteroatoms. The van der Waals surface area contributed by atoms with E-state index in [1.165, 1.54) is 17.8 Å². The fourth-order valence-corrected chi connectivity index (χ4v) is 3.35. The van der Waals surface area contributed by atoms with Crippen LogP contribution in [0.15, 0.2) is 51.4 Å². The van der Waals surface area contributed by atoms with Crippen LogP contribution in [0.3, 0.4) is 0 Å². The molecule has 0 fully saturated rings. The lowest BCUT2D eigenvalue weighted by Gasteiger charge is -1.99. The summed E-state index contributed by atoms with van der Waals surface area (Å²) < 4.78 is 5.56. The number of nitrogens with zero attached hydrogens (tertiary/aromatic N) is 3. The van der Waals surface area contributed by atoms with E-state index in [2.05, 4.69) is 10.2 Å². The molecule has 0 spiro atoms. The average molecular weight is 333 g/mol. The molecule has 112 valence electrons. The van der Waals surface area contributed by atoms with Gasteiger partial charge >= 0.3 is 0 Å². The monoisotopic (exact) mass is 333 g/mol. The average Bonchev–Trinajstić information content (AvgIpc) is 3.18. The molecule has 3 rings (SSSR count). The first-order valence-corrected chi connectivity index (χ1v) is 8.29. The van der Waals surface area contributed by atoms with Crippen LogP contribution in [0, 0.1) is 10.1 Å². The molecule has 22 heavy (non-hydrogen) atoms. The molecule has 0 aliphatic rings. The van der Waals surface area contributed by atoms with Gasteiger partial charge in [0.2, 0.25) is 5.89 Å². The maximum Gasteiger partial charge on any atom is 0.276 e. The van der Waals surface area contributed by atoms with Crippen LogP contribution in [0.25, 0.3) is 0 Å². The second kappa shape index (κ2) is 6.71. The van der Waals surface area contributed by atoms with Gasteiger partial charge in [-0.05, 0) is 11.4 Å². The van der Waals surface area contributed by atoms with Crippen molar-refractivity contribution in [3.63, 3.8) is 0 Å². The molecule has 0 radical (unpaired) electrons. The minimum atomic E-state index is -0.383. The van der Waals surface area contributed by atoms with Crippen LogP contribution < -0.4 is 0 Å². The van der Waals surface area contributed by atoms with Crippen LogP contribution in [0.1, 0.15) is 16.3 Å². The maximum atomic E-state index is 11.0. The Balaban J connectivity index is 1.65. The first-order chi connectivity index (χ1) is 10.7. The Morgan fingerprint density at radius 1 is 1.23 bits per heavy atom. The van der Waals surface area contributed by atoms with Crippen LogP contribution in [0.2, 0.25) is 0 Å². The highest BCUT2D eigenvalue weighted by Gasteiger charge is 2.14. The van der Waals surface area contributed by atoms with Crippen LogP contribution in [-0.2, 0) is 12.2 Å². The van der Waals surface area contributed by atoms with E-state index in [1.54, 1.807) is 29.5 Å². The SMILES string of the molecule is O=[N+]([O-])c1ccccc1CSc1nnc(Cc2cccs2)o1. The normalized spacial score (nSPS) is 10.7. The number of thioether (sulfide) groups is 1. The molecule has 6 nitrogen and oxygen atoms in total. The summed E-state index contributed by atoms with van der Waals surface area (Å²) in [6.07, 6.45) is 0.608. The summed E-state index contributed by atoms with van der Waals surface area (Å²) in [6.45, 7) is 0. The number of hydrogen-bond acceptors (Lipinski definition) is 7. The quantitative estimate of drug-likeness (QED) is 0.386. The van der Waals surface area contributed by atoms with Crippen molar-refractivity contribution in [2.45, 2.75) is 17.4 Å². The molecule has 1 aromatic carbocycles. The first-order valence-electron chi connectivity index (χ1n) is 6.42. The standard InChI is InChI=1S/C14H11N3O3S2/c18-17(19)12-6-2-1-4-10(12)9-22-14-16-15-13(20-14)8-11-5-3-7-21-11/h1-7H,8-9H2. The van der Waals surface area contributed by atoms with Crippen LogP contribution in [0.5, 0.6) is 0 Å². The van der Waals surface area contributed by atoms with Gasteiger partial charge in [0, 0.05) is 22.3 Å². The van der Waals surface area contributed by atoms with E-state index in [0.717, 1.165) is 4.88 Å². The fourth-order valence-electron chi connectivity index (χ4n) is 1.88. The van der Waals surface area contributed by atoms with Crippen molar-refractivity contribution in [1.82, 2.24) is 10.2 Å². The first kappa shape index (κ1) is 14.7. The third-order valence-corrected chi connectivity index (χ3v) is 4.64. The Kier molecular flexibility index (Phi) is 4.50. The predicted molar refractivity (Wildman–Crippen MR) is 84.1 cm³/mol. The molecule has 0 N–H and O–H groups in total. The zero-order valence-corrected chi connectivity index (χ0v) is 13.0. The fraction of sp³-hybridized carbons (Fsp3) is 0.143. The minimum Gasteiger partial charge on any atom is -0.416 e. The number of benzene rings is 1. The molecule has 0 aliphatic heterocycles. The Hall–Kier alpha value is -2.19. The van der Waals surface area contributed by atoms with Crippen LogP contribution in [0.4, 0.5) is 5.69 Å². The van der Waals surface area contributed by atoms with E-state index in [9.17, 15) is 10.1 Å². The Labute approximate surface area is 134 Å². The summed E-state index contributed by atoms with van der Waals surface area (Å²) >= 11 is 2.93. The van der Waals surface area contributed by atoms with Crippen LogP contribution in [-0.4, -0.2) is 15.1 Å². The molecular weight excluding hydrogens is 322 g/mol. The van der Waals surface area contributed by atoms with Gasteiger partial charge in [-0.3, -0.25) is 10.1 Å². The molecular formula is C14H11N3O3S2. The molecule has 0 atom stereocenters. The Bertz CT molecular complexity index is 771. The molecule has 0 bridgehead atoms. The van der Waals surface area contributed by atoms with Gasteiger partial charge in [-0.15, -0.1) is 21.5 Å². The molecule has 0 amide bonds. The highest BCUT2D eigenvalue weighted by atomic mass is 32.2. The van der Waals surface area contributed by atoms with E-state index in [4.69, 9.17) is 4.42 Å². The Morgan fingerprint density at radius 3 is 2.86 bits per heavy atom. The highest BCUT2D eigenvalue weighted by molar-refractivity contribution is 7.98. The van der Waals surface area contributed by atoms with Crippen molar-refractivity contribution < 1.29 is 9.34 Å².